The van der Waals surface area contributed by atoms with Crippen LogP contribution in [0.4, 0.5) is 0 Å². The minimum absolute atomic E-state index is 0.0545. The molecule has 4 nitrogen and oxygen atoms in total. The molecule has 1 atom stereocenters. The summed E-state index contributed by atoms with van der Waals surface area (Å²) in [7, 11) is 0. The second-order valence-electron chi connectivity index (χ2n) is 8.52. The second-order valence-corrected chi connectivity index (χ2v) is 9.44. The van der Waals surface area contributed by atoms with E-state index in [4.69, 9.17) is 4.74 Å². The molecule has 0 aliphatic rings. The first kappa shape index (κ1) is 23.0. The van der Waals surface area contributed by atoms with E-state index in [1.165, 1.54) is 5.56 Å². The highest BCUT2D eigenvalue weighted by atomic mass is 79.9. The average molecular weight is 504 g/mol. The highest BCUT2D eigenvalue weighted by Crippen LogP contribution is 2.29. The first-order valence-corrected chi connectivity index (χ1v) is 11.8. The number of benzene rings is 3. The molecule has 0 fully saturated rings. The number of hydrogen-bond acceptors (Lipinski definition) is 3. The number of ether oxygens (including phenoxy) is 1. The molecule has 0 spiro atoms. The van der Waals surface area contributed by atoms with Gasteiger partial charge >= 0.3 is 0 Å². The lowest BCUT2D eigenvalue weighted by molar-refractivity contribution is -0.133. The maximum absolute atomic E-state index is 13.5. The van der Waals surface area contributed by atoms with Crippen LogP contribution in [0.25, 0.3) is 10.9 Å². The first-order chi connectivity index (χ1) is 16.0. The second kappa shape index (κ2) is 10.2. The van der Waals surface area contributed by atoms with Gasteiger partial charge in [-0.25, -0.2) is 0 Å². The van der Waals surface area contributed by atoms with E-state index in [-0.39, 0.29) is 5.78 Å². The normalized spacial score (nSPS) is 12.1. The summed E-state index contributed by atoms with van der Waals surface area (Å²) < 4.78 is 6.36. The Morgan fingerprint density at radius 1 is 1.00 bits per heavy atom. The fraction of sp³-hybridized carbons (Fsp3) is 0.214. The Morgan fingerprint density at radius 2 is 1.73 bits per heavy atom. The molecule has 4 rings (SSSR count). The van der Waals surface area contributed by atoms with Crippen molar-refractivity contribution in [2.45, 2.75) is 38.7 Å². The molecule has 4 aromatic rings. The van der Waals surface area contributed by atoms with Crippen LogP contribution in [0, 0.1) is 0 Å². The number of carbonyl (C=O) groups excluding carboxylic acids is 2. The van der Waals surface area contributed by atoms with Gasteiger partial charge in [-0.3, -0.25) is 9.59 Å². The number of aromatic amines is 1. The van der Waals surface area contributed by atoms with Crippen LogP contribution in [0.5, 0.6) is 0 Å². The Morgan fingerprint density at radius 3 is 2.39 bits per heavy atom. The van der Waals surface area contributed by atoms with Crippen LogP contribution in [-0.2, 0) is 22.4 Å². The molecule has 0 saturated heterocycles. The third kappa shape index (κ3) is 5.25. The average Bonchev–Trinajstić information content (AvgIpc) is 3.16. The molecule has 0 aliphatic carbocycles. The zero-order chi connectivity index (χ0) is 23.4. The van der Waals surface area contributed by atoms with E-state index in [0.29, 0.717) is 36.4 Å². The third-order valence-electron chi connectivity index (χ3n) is 5.89. The van der Waals surface area contributed by atoms with Gasteiger partial charge in [-0.1, -0.05) is 84.4 Å². The number of nitrogens with one attached hydrogen (secondary N) is 1. The molecular formula is C28H26BrNO3. The van der Waals surface area contributed by atoms with Crippen LogP contribution < -0.4 is 0 Å². The van der Waals surface area contributed by atoms with Crippen molar-refractivity contribution in [1.82, 2.24) is 4.98 Å². The van der Waals surface area contributed by atoms with E-state index in [1.54, 1.807) is 0 Å². The molecule has 0 amide bonds. The van der Waals surface area contributed by atoms with E-state index in [2.05, 4.69) is 59.0 Å². The van der Waals surface area contributed by atoms with Gasteiger partial charge in [-0.05, 0) is 35.2 Å². The van der Waals surface area contributed by atoms with Crippen LogP contribution in [0.2, 0.25) is 0 Å². The Labute approximate surface area is 202 Å². The molecule has 0 aliphatic heterocycles. The number of rotatable bonds is 9. The van der Waals surface area contributed by atoms with Crippen molar-refractivity contribution in [3.05, 3.63) is 105 Å². The van der Waals surface area contributed by atoms with Gasteiger partial charge in [0.25, 0.3) is 6.47 Å². The number of carbonyl (C=O) groups is 2. The largest absolute Gasteiger partial charge is 0.464 e. The molecule has 1 heterocycles. The summed E-state index contributed by atoms with van der Waals surface area (Å²) in [6.07, 6.45) is 0.575. The van der Waals surface area contributed by atoms with Crippen LogP contribution in [0.1, 0.15) is 52.5 Å². The Balaban J connectivity index is 1.69. The van der Waals surface area contributed by atoms with Crippen LogP contribution in [-0.4, -0.2) is 23.3 Å². The van der Waals surface area contributed by atoms with Gasteiger partial charge in [0.15, 0.2) is 5.78 Å². The molecule has 0 radical (unpaired) electrons. The van der Waals surface area contributed by atoms with Gasteiger partial charge in [-0.2, -0.15) is 0 Å². The standard InChI is InChI=1S/C28H26BrNO3/c1-18(2)20-10-8-19(9-11-20)14-23(33-17-31)16-26-27(28(32)21-6-4-3-5-7-21)24-15-22(29)12-13-25(24)30-26/h3-13,15,17-18,23,30H,14,16H2,1-2H3. The lowest BCUT2D eigenvalue weighted by Crippen LogP contribution is -2.20. The summed E-state index contributed by atoms with van der Waals surface area (Å²) >= 11 is 3.52. The van der Waals surface area contributed by atoms with Gasteiger partial charge in [0, 0.05) is 39.5 Å². The molecule has 5 heteroatoms. The van der Waals surface area contributed by atoms with Crippen LogP contribution in [0.15, 0.2) is 77.3 Å². The predicted molar refractivity (Wildman–Crippen MR) is 135 cm³/mol. The molecule has 1 unspecified atom stereocenters. The summed E-state index contributed by atoms with van der Waals surface area (Å²) in [6.45, 7) is 4.81. The topological polar surface area (TPSA) is 59.2 Å². The number of halogens is 1. The van der Waals surface area contributed by atoms with E-state index < -0.39 is 6.10 Å². The predicted octanol–water partition coefficient (Wildman–Crippen LogP) is 6.61. The highest BCUT2D eigenvalue weighted by Gasteiger charge is 2.23. The maximum atomic E-state index is 13.5. The molecule has 3 aromatic carbocycles. The number of fused-ring (bicyclic) bond motifs is 1. The number of hydrogen-bond donors (Lipinski definition) is 1. The summed E-state index contributed by atoms with van der Waals surface area (Å²) in [5.41, 5.74) is 5.23. The molecule has 168 valence electrons. The summed E-state index contributed by atoms with van der Waals surface area (Å²) in [5.74, 6) is 0.402. The quantitative estimate of drug-likeness (QED) is 0.206. The Hall–Kier alpha value is -3.18. The zero-order valence-electron chi connectivity index (χ0n) is 18.7. The maximum Gasteiger partial charge on any atom is 0.293 e. The first-order valence-electron chi connectivity index (χ1n) is 11.0. The highest BCUT2D eigenvalue weighted by molar-refractivity contribution is 9.10. The van der Waals surface area contributed by atoms with E-state index >= 15 is 0 Å². The summed E-state index contributed by atoms with van der Waals surface area (Å²) in [5, 5.41) is 0.847. The van der Waals surface area contributed by atoms with Crippen molar-refractivity contribution in [2.24, 2.45) is 0 Å². The fourth-order valence-corrected chi connectivity index (χ4v) is 4.50. The number of H-pyrrole nitrogens is 1. The molecule has 1 aromatic heterocycles. The molecule has 0 bridgehead atoms. The molecule has 33 heavy (non-hydrogen) atoms. The van der Waals surface area contributed by atoms with Crippen molar-refractivity contribution in [2.75, 3.05) is 0 Å². The minimum atomic E-state index is -0.397. The van der Waals surface area contributed by atoms with Crippen molar-refractivity contribution in [3.63, 3.8) is 0 Å². The van der Waals surface area contributed by atoms with Crippen molar-refractivity contribution in [1.29, 1.82) is 0 Å². The molecule has 0 saturated carbocycles. The van der Waals surface area contributed by atoms with Gasteiger partial charge in [-0.15, -0.1) is 0 Å². The monoisotopic (exact) mass is 503 g/mol. The zero-order valence-corrected chi connectivity index (χ0v) is 20.3. The Bertz CT molecular complexity index is 1260. The van der Waals surface area contributed by atoms with Gasteiger partial charge in [0.05, 0.1) is 5.56 Å². The lowest BCUT2D eigenvalue weighted by atomic mass is 9.95. The fourth-order valence-electron chi connectivity index (χ4n) is 4.14. The van der Waals surface area contributed by atoms with Gasteiger partial charge < -0.3 is 9.72 Å². The third-order valence-corrected chi connectivity index (χ3v) is 6.38. The smallest absolute Gasteiger partial charge is 0.293 e. The van der Waals surface area contributed by atoms with E-state index in [9.17, 15) is 9.59 Å². The lowest BCUT2D eigenvalue weighted by Gasteiger charge is -2.16. The summed E-state index contributed by atoms with van der Waals surface area (Å²) in [4.78, 5) is 28.2. The Kier molecular flexibility index (Phi) is 7.09. The number of ketones is 1. The van der Waals surface area contributed by atoms with Gasteiger partial charge in [0.1, 0.15) is 6.10 Å². The molecular weight excluding hydrogens is 478 g/mol. The van der Waals surface area contributed by atoms with Gasteiger partial charge in [0.2, 0.25) is 0 Å². The van der Waals surface area contributed by atoms with Crippen molar-refractivity contribution >= 4 is 39.1 Å². The van der Waals surface area contributed by atoms with E-state index in [1.807, 2.05) is 48.5 Å². The van der Waals surface area contributed by atoms with Crippen LogP contribution >= 0.6 is 15.9 Å². The minimum Gasteiger partial charge on any atom is -0.464 e. The van der Waals surface area contributed by atoms with Crippen LogP contribution in [0.3, 0.4) is 0 Å². The van der Waals surface area contributed by atoms with Crippen molar-refractivity contribution < 1.29 is 14.3 Å². The summed E-state index contributed by atoms with van der Waals surface area (Å²) in [6, 6.07) is 23.5. The van der Waals surface area contributed by atoms with E-state index in [0.717, 1.165) is 26.6 Å². The SMILES string of the molecule is CC(C)c1ccc(CC(Cc2[nH]c3ccc(Br)cc3c2C(=O)c2ccccc2)OC=O)cc1. The number of aromatic nitrogens is 1. The van der Waals surface area contributed by atoms with Crippen molar-refractivity contribution in [3.8, 4) is 0 Å². The molecule has 1 N–H and O–H groups in total.